The Bertz CT molecular complexity index is 11.6. The molecule has 5 heavy (non-hydrogen) atoms. The molecule has 3 nitrogen and oxygen atoms in total. The topological polar surface area (TPSA) is 66.3 Å². The van der Waals surface area contributed by atoms with Gasteiger partial charge < -0.3 is 8.40 Å². The van der Waals surface area contributed by atoms with E-state index in [1.54, 1.807) is 0 Å². The van der Waals surface area contributed by atoms with E-state index < -0.39 is 14.8 Å². The van der Waals surface area contributed by atoms with Crippen LogP contribution in [0.4, 0.5) is 0 Å². The van der Waals surface area contributed by atoms with Crippen molar-refractivity contribution in [3.05, 3.63) is 0 Å². The first-order chi connectivity index (χ1) is 1.73. The van der Waals surface area contributed by atoms with Crippen molar-refractivity contribution in [2.24, 2.45) is 0 Å². The fraction of sp³-hybridized carbons (Fsp3) is 0. The van der Waals surface area contributed by atoms with Crippen molar-refractivity contribution >= 4 is 45.5 Å². The van der Waals surface area contributed by atoms with E-state index in [2.05, 4.69) is 0 Å². The third kappa shape index (κ3) is 25.4. The van der Waals surface area contributed by atoms with Gasteiger partial charge in [0, 0.05) is 0 Å². The maximum atomic E-state index is 8.63. The van der Waals surface area contributed by atoms with Crippen LogP contribution in [0.3, 0.4) is 0 Å². The van der Waals surface area contributed by atoms with Crippen molar-refractivity contribution < 1.29 is 27.4 Å². The molecule has 30 valence electrons. The second-order valence-corrected chi connectivity index (χ2v) is 1.04. The Morgan fingerprint density at radius 3 is 1.40 bits per heavy atom. The van der Waals surface area contributed by atoms with Gasteiger partial charge in [-0.3, -0.25) is 0 Å². The molecule has 0 aliphatic heterocycles. The van der Waals surface area contributed by atoms with E-state index >= 15 is 0 Å². The Kier molecular flexibility index (Phi) is 11.6. The first-order valence-corrected chi connectivity index (χ1v) is 2.48. The van der Waals surface area contributed by atoms with Gasteiger partial charge in [-0.25, -0.2) is 0 Å². The minimum absolute atomic E-state index is 0. The van der Waals surface area contributed by atoms with E-state index in [1.807, 2.05) is 0 Å². The first-order valence-electron chi connectivity index (χ1n) is 0.478. The van der Waals surface area contributed by atoms with Crippen LogP contribution in [0.1, 0.15) is 0 Å². The van der Waals surface area contributed by atoms with Crippen molar-refractivity contribution in [1.82, 2.24) is 0 Å². The average molecular weight is 219 g/mol. The average Bonchev–Trinajstić information content (AvgIpc) is 0.811. The second-order valence-electron chi connectivity index (χ2n) is 0.201. The van der Waals surface area contributed by atoms with Crippen LogP contribution in [0.15, 0.2) is 0 Å². The van der Waals surface area contributed by atoms with Crippen molar-refractivity contribution in [1.29, 1.82) is 0 Å². The zero-order valence-corrected chi connectivity index (χ0v) is 3.23. The van der Waals surface area contributed by atoms with Gasteiger partial charge in [0.1, 0.15) is 0 Å². The van der Waals surface area contributed by atoms with Crippen molar-refractivity contribution in [3.8, 4) is 0 Å². The molecule has 0 radical (unpaired) electrons. The van der Waals surface area contributed by atoms with Gasteiger partial charge in [-0.1, -0.05) is 0 Å². The molecule has 0 heterocycles. The van der Waals surface area contributed by atoms with Gasteiger partial charge in [-0.05, 0) is 4.20 Å². The molecule has 5 heteroatoms. The Labute approximate surface area is 71.7 Å². The first kappa shape index (κ1) is 9.96. The van der Waals surface area contributed by atoms with Crippen LogP contribution in [0.2, 0.25) is 0 Å². The van der Waals surface area contributed by atoms with Crippen LogP contribution >= 0.6 is 0 Å². The van der Waals surface area contributed by atoms with Gasteiger partial charge in [0.25, 0.3) is 0 Å². The van der Waals surface area contributed by atoms with Crippen LogP contribution in [0, 0.1) is 14.8 Å². The standard InChI is InChI=1S/BrHO3.Sr.2H/c2-1(3)4;;;/h2H;;;. The number of hydrogen-bond acceptors (Lipinski definition) is 3. The maximum absolute atomic E-state index is 8.63. The number of rotatable bonds is 0. The van der Waals surface area contributed by atoms with E-state index in [1.165, 1.54) is 0 Å². The normalized spacial score (nSPS) is 7.20. The van der Waals surface area contributed by atoms with Crippen molar-refractivity contribution in [2.75, 3.05) is 0 Å². The van der Waals surface area contributed by atoms with E-state index in [9.17, 15) is 0 Å². The molecule has 0 aliphatic carbocycles. The fourth-order valence-electron chi connectivity index (χ4n) is 0. The van der Waals surface area contributed by atoms with Gasteiger partial charge in [0.15, 0.2) is 0 Å². The van der Waals surface area contributed by atoms with Gasteiger partial charge in [0.2, 0.25) is 0 Å². The summed E-state index contributed by atoms with van der Waals surface area (Å²) in [5.41, 5.74) is 0. The molecule has 0 unspecified atom stereocenters. The molecular formula is H3BrO3Sr. The number of halogens is 1. The van der Waals surface area contributed by atoms with Crippen molar-refractivity contribution in [3.63, 3.8) is 0 Å². The zero-order chi connectivity index (χ0) is 3.58. The quantitative estimate of drug-likeness (QED) is 0.424. The van der Waals surface area contributed by atoms with E-state index in [-0.39, 0.29) is 45.5 Å². The van der Waals surface area contributed by atoms with Crippen LogP contribution < -0.4 is 8.40 Å². The molecule has 0 spiro atoms. The molecular weight excluding hydrogens is 216 g/mol. The molecule has 0 amide bonds. The van der Waals surface area contributed by atoms with Crippen LogP contribution in [-0.4, -0.2) is 49.7 Å². The number of hydrogen-bond donors (Lipinski definition) is 1. The monoisotopic (exact) mass is 218 g/mol. The van der Waals surface area contributed by atoms with E-state index in [0.717, 1.165) is 0 Å². The van der Waals surface area contributed by atoms with E-state index in [0.29, 0.717) is 0 Å². The van der Waals surface area contributed by atoms with E-state index in [4.69, 9.17) is 12.6 Å². The molecule has 0 saturated heterocycles. The summed E-state index contributed by atoms with van der Waals surface area (Å²) < 4.78 is 24.3. The molecule has 0 fully saturated rings. The van der Waals surface area contributed by atoms with Crippen LogP contribution in [0.25, 0.3) is 0 Å². The zero-order valence-electron chi connectivity index (χ0n) is 1.64. The van der Waals surface area contributed by atoms with Gasteiger partial charge >= 0.3 is 60.3 Å². The van der Waals surface area contributed by atoms with Gasteiger partial charge in [-0.2, -0.15) is 0 Å². The summed E-state index contributed by atoms with van der Waals surface area (Å²) in [6.45, 7) is 0. The summed E-state index contributed by atoms with van der Waals surface area (Å²) in [6.07, 6.45) is 0. The summed E-state index contributed by atoms with van der Waals surface area (Å²) in [4.78, 5) is 0. The Balaban J connectivity index is 0. The molecule has 0 aromatic heterocycles. The summed E-state index contributed by atoms with van der Waals surface area (Å²) in [7, 11) is 0. The predicted molar refractivity (Wildman–Crippen MR) is 10.8 cm³/mol. The second kappa shape index (κ2) is 5.84. The van der Waals surface area contributed by atoms with Gasteiger partial charge in [-0.15, -0.1) is 0 Å². The summed E-state index contributed by atoms with van der Waals surface area (Å²) in [6, 6.07) is 0. The summed E-state index contributed by atoms with van der Waals surface area (Å²) >= 11 is -3.40. The molecule has 0 aromatic rings. The Morgan fingerprint density at radius 1 is 1.40 bits per heavy atom. The molecule has 0 rings (SSSR count). The van der Waals surface area contributed by atoms with Crippen molar-refractivity contribution in [2.45, 2.75) is 0 Å². The molecule has 1 N–H and O–H groups in total. The summed E-state index contributed by atoms with van der Waals surface area (Å²) in [5, 5.41) is 0. The molecule has 0 atom stereocenters. The summed E-state index contributed by atoms with van der Waals surface area (Å²) in [5.74, 6) is 0. The third-order valence-electron chi connectivity index (χ3n) is 0. The molecule has 0 aromatic carbocycles. The Morgan fingerprint density at radius 2 is 1.40 bits per heavy atom. The Hall–Kier alpha value is 1.84. The molecule has 0 aliphatic rings. The van der Waals surface area contributed by atoms with Gasteiger partial charge in [0.05, 0.1) is 0 Å². The van der Waals surface area contributed by atoms with Crippen LogP contribution in [0.5, 0.6) is 0 Å². The predicted octanol–water partition coefficient (Wildman–Crippen LogP) is -3.85. The fourth-order valence-corrected chi connectivity index (χ4v) is 0. The molecule has 0 bridgehead atoms. The minimum atomic E-state index is -3.40. The molecule has 0 saturated carbocycles. The SMILES string of the molecule is [O-][Br+2]([O-])O.[SrH2]. The third-order valence-corrected chi connectivity index (χ3v) is 0. The van der Waals surface area contributed by atoms with Crippen LogP contribution in [-0.2, 0) is 0 Å².